The van der Waals surface area contributed by atoms with Crippen molar-refractivity contribution < 1.29 is 19.4 Å². The normalized spacial score (nSPS) is 21.0. The lowest BCUT2D eigenvalue weighted by molar-refractivity contribution is -0.154. The number of esters is 1. The minimum absolute atomic E-state index is 0.297. The summed E-state index contributed by atoms with van der Waals surface area (Å²) in [5.74, 6) is -0.333. The highest BCUT2D eigenvalue weighted by atomic mass is 16.5. The Balaban J connectivity index is 2.01. The lowest BCUT2D eigenvalue weighted by Gasteiger charge is -2.34. The summed E-state index contributed by atoms with van der Waals surface area (Å²) in [7, 11) is 1.36. The second-order valence-electron chi connectivity index (χ2n) is 5.07. The van der Waals surface area contributed by atoms with Gasteiger partial charge in [0, 0.05) is 19.6 Å². The van der Waals surface area contributed by atoms with E-state index in [1.54, 1.807) is 0 Å². The SMILES string of the molecule is COC(=O)C1COCCN1CC(O)c1ccc(CN)cc1. The molecule has 116 valence electrons. The largest absolute Gasteiger partial charge is 0.468 e. The Morgan fingerprint density at radius 1 is 1.52 bits per heavy atom. The monoisotopic (exact) mass is 294 g/mol. The molecule has 0 saturated carbocycles. The predicted molar refractivity (Wildman–Crippen MR) is 77.5 cm³/mol. The number of benzene rings is 1. The zero-order valence-electron chi connectivity index (χ0n) is 12.2. The van der Waals surface area contributed by atoms with Crippen molar-refractivity contribution >= 4 is 5.97 Å². The first-order chi connectivity index (χ1) is 10.2. The van der Waals surface area contributed by atoms with Crippen LogP contribution in [0.1, 0.15) is 17.2 Å². The number of aliphatic hydroxyl groups is 1. The van der Waals surface area contributed by atoms with Gasteiger partial charge in [-0.3, -0.25) is 9.69 Å². The third-order valence-corrected chi connectivity index (χ3v) is 3.72. The topological polar surface area (TPSA) is 85.0 Å². The number of ether oxygens (including phenoxy) is 2. The van der Waals surface area contributed by atoms with Crippen molar-refractivity contribution in [2.24, 2.45) is 5.73 Å². The first kappa shape index (κ1) is 15.9. The maximum Gasteiger partial charge on any atom is 0.325 e. The molecule has 0 aromatic heterocycles. The highest BCUT2D eigenvalue weighted by molar-refractivity contribution is 5.75. The predicted octanol–water partition coefficient (Wildman–Crippen LogP) is 0.0525. The molecule has 0 amide bonds. The lowest BCUT2D eigenvalue weighted by Crippen LogP contribution is -2.51. The van der Waals surface area contributed by atoms with Gasteiger partial charge in [-0.15, -0.1) is 0 Å². The molecular formula is C15H22N2O4. The summed E-state index contributed by atoms with van der Waals surface area (Å²) < 4.78 is 10.1. The van der Waals surface area contributed by atoms with Gasteiger partial charge in [-0.05, 0) is 11.1 Å². The number of aliphatic hydroxyl groups excluding tert-OH is 1. The van der Waals surface area contributed by atoms with Crippen LogP contribution in [0.25, 0.3) is 0 Å². The van der Waals surface area contributed by atoms with Gasteiger partial charge in [0.05, 0.1) is 26.4 Å². The van der Waals surface area contributed by atoms with Gasteiger partial charge in [-0.1, -0.05) is 24.3 Å². The average Bonchev–Trinajstić information content (AvgIpc) is 2.54. The highest BCUT2D eigenvalue weighted by Gasteiger charge is 2.31. The number of hydrogen-bond donors (Lipinski definition) is 2. The Hall–Kier alpha value is -1.47. The summed E-state index contributed by atoms with van der Waals surface area (Å²) in [4.78, 5) is 13.6. The van der Waals surface area contributed by atoms with Crippen LogP contribution in [0.5, 0.6) is 0 Å². The maximum atomic E-state index is 11.7. The van der Waals surface area contributed by atoms with E-state index in [1.165, 1.54) is 7.11 Å². The van der Waals surface area contributed by atoms with E-state index in [2.05, 4.69) is 0 Å². The van der Waals surface area contributed by atoms with E-state index < -0.39 is 12.1 Å². The van der Waals surface area contributed by atoms with E-state index in [-0.39, 0.29) is 5.97 Å². The Labute approximate surface area is 124 Å². The zero-order chi connectivity index (χ0) is 15.2. The zero-order valence-corrected chi connectivity index (χ0v) is 12.2. The molecule has 0 bridgehead atoms. The molecule has 0 aliphatic carbocycles. The van der Waals surface area contributed by atoms with Gasteiger partial charge in [-0.2, -0.15) is 0 Å². The molecule has 3 N–H and O–H groups in total. The van der Waals surface area contributed by atoms with Gasteiger partial charge >= 0.3 is 5.97 Å². The van der Waals surface area contributed by atoms with Gasteiger partial charge in [0.1, 0.15) is 6.04 Å². The number of methoxy groups -OCH3 is 1. The van der Waals surface area contributed by atoms with Crippen molar-refractivity contribution in [2.75, 3.05) is 33.4 Å². The average molecular weight is 294 g/mol. The van der Waals surface area contributed by atoms with Crippen molar-refractivity contribution in [2.45, 2.75) is 18.7 Å². The van der Waals surface area contributed by atoms with Gasteiger partial charge < -0.3 is 20.3 Å². The second kappa shape index (κ2) is 7.51. The molecule has 1 fully saturated rings. The Kier molecular flexibility index (Phi) is 5.69. The molecule has 1 aliphatic rings. The Morgan fingerprint density at radius 3 is 2.86 bits per heavy atom. The van der Waals surface area contributed by atoms with E-state index in [4.69, 9.17) is 15.2 Å². The van der Waals surface area contributed by atoms with Crippen molar-refractivity contribution in [3.05, 3.63) is 35.4 Å². The molecule has 1 aromatic carbocycles. The Morgan fingerprint density at radius 2 is 2.24 bits per heavy atom. The third kappa shape index (κ3) is 4.01. The van der Waals surface area contributed by atoms with E-state index in [0.717, 1.165) is 11.1 Å². The number of carbonyl (C=O) groups is 1. The van der Waals surface area contributed by atoms with Crippen molar-refractivity contribution in [3.63, 3.8) is 0 Å². The minimum atomic E-state index is -0.665. The number of morpholine rings is 1. The number of β-amino-alcohol motifs (C(OH)–C–C–N with tert-alkyl or cyclic N) is 1. The lowest BCUT2D eigenvalue weighted by atomic mass is 10.1. The highest BCUT2D eigenvalue weighted by Crippen LogP contribution is 2.18. The fraction of sp³-hybridized carbons (Fsp3) is 0.533. The Bertz CT molecular complexity index is 463. The van der Waals surface area contributed by atoms with E-state index in [9.17, 15) is 9.90 Å². The molecule has 21 heavy (non-hydrogen) atoms. The molecule has 1 heterocycles. The van der Waals surface area contributed by atoms with Crippen LogP contribution in [-0.4, -0.2) is 55.4 Å². The molecule has 0 radical (unpaired) electrons. The first-order valence-corrected chi connectivity index (χ1v) is 7.02. The van der Waals surface area contributed by atoms with Crippen LogP contribution in [0.3, 0.4) is 0 Å². The smallest absolute Gasteiger partial charge is 0.325 e. The number of carbonyl (C=O) groups excluding carboxylic acids is 1. The van der Waals surface area contributed by atoms with Crippen LogP contribution in [0, 0.1) is 0 Å². The van der Waals surface area contributed by atoms with Crippen molar-refractivity contribution in [1.29, 1.82) is 0 Å². The van der Waals surface area contributed by atoms with E-state index in [1.807, 2.05) is 29.2 Å². The minimum Gasteiger partial charge on any atom is -0.468 e. The fourth-order valence-electron chi connectivity index (χ4n) is 2.41. The molecular weight excluding hydrogens is 272 g/mol. The molecule has 6 nitrogen and oxygen atoms in total. The molecule has 1 aromatic rings. The molecule has 2 rings (SSSR count). The summed E-state index contributed by atoms with van der Waals surface area (Å²) >= 11 is 0. The first-order valence-electron chi connectivity index (χ1n) is 7.02. The van der Waals surface area contributed by atoms with Crippen LogP contribution in [-0.2, 0) is 20.8 Å². The number of hydrogen-bond acceptors (Lipinski definition) is 6. The van der Waals surface area contributed by atoms with Crippen LogP contribution in [0.2, 0.25) is 0 Å². The van der Waals surface area contributed by atoms with Gasteiger partial charge in [0.25, 0.3) is 0 Å². The van der Waals surface area contributed by atoms with Crippen LogP contribution in [0.15, 0.2) is 24.3 Å². The summed E-state index contributed by atoms with van der Waals surface area (Å²) in [5, 5.41) is 10.3. The number of nitrogens with two attached hydrogens (primary N) is 1. The van der Waals surface area contributed by atoms with Crippen molar-refractivity contribution in [1.82, 2.24) is 4.90 Å². The number of nitrogens with zero attached hydrogens (tertiary/aromatic N) is 1. The molecule has 2 unspecified atom stereocenters. The standard InChI is InChI=1S/C15H22N2O4/c1-20-15(19)13-10-21-7-6-17(13)9-14(18)12-4-2-11(8-16)3-5-12/h2-5,13-14,18H,6-10,16H2,1H3. The quantitative estimate of drug-likeness (QED) is 0.747. The van der Waals surface area contributed by atoms with Crippen molar-refractivity contribution in [3.8, 4) is 0 Å². The third-order valence-electron chi connectivity index (χ3n) is 3.72. The maximum absolute atomic E-state index is 11.7. The summed E-state index contributed by atoms with van der Waals surface area (Å²) in [6, 6.07) is 7.06. The summed E-state index contributed by atoms with van der Waals surface area (Å²) in [6.07, 6.45) is -0.665. The van der Waals surface area contributed by atoms with E-state index >= 15 is 0 Å². The van der Waals surface area contributed by atoms with Gasteiger partial charge in [0.15, 0.2) is 0 Å². The van der Waals surface area contributed by atoms with Gasteiger partial charge in [-0.25, -0.2) is 0 Å². The summed E-state index contributed by atoms with van der Waals surface area (Å²) in [5.41, 5.74) is 7.38. The van der Waals surface area contributed by atoms with Crippen LogP contribution >= 0.6 is 0 Å². The van der Waals surface area contributed by atoms with Crippen LogP contribution in [0.4, 0.5) is 0 Å². The molecule has 2 atom stereocenters. The second-order valence-corrected chi connectivity index (χ2v) is 5.07. The molecule has 6 heteroatoms. The molecule has 0 spiro atoms. The van der Waals surface area contributed by atoms with Crippen LogP contribution < -0.4 is 5.73 Å². The van der Waals surface area contributed by atoms with E-state index in [0.29, 0.717) is 32.8 Å². The molecule has 1 saturated heterocycles. The molecule has 1 aliphatic heterocycles. The fourth-order valence-corrected chi connectivity index (χ4v) is 2.41. The number of rotatable bonds is 5. The van der Waals surface area contributed by atoms with Gasteiger partial charge in [0.2, 0.25) is 0 Å². The summed E-state index contributed by atoms with van der Waals surface area (Å²) in [6.45, 7) is 2.28.